The Hall–Kier alpha value is -0.560. The lowest BCUT2D eigenvalue weighted by Crippen LogP contribution is -2.29. The van der Waals surface area contributed by atoms with Gasteiger partial charge in [-0.05, 0) is 31.0 Å². The van der Waals surface area contributed by atoms with Gasteiger partial charge in [-0.3, -0.25) is 0 Å². The zero-order chi connectivity index (χ0) is 10.9. The van der Waals surface area contributed by atoms with Crippen molar-refractivity contribution in [3.05, 3.63) is 18.4 Å². The SMILES string of the molecule is Cl.NCC1CCN(S(=O)(=O)c2ccco2)C1. The maximum atomic E-state index is 11.9. The van der Waals surface area contributed by atoms with Crippen LogP contribution in [0.3, 0.4) is 0 Å². The molecule has 7 heteroatoms. The predicted octanol–water partition coefficient (Wildman–Crippen LogP) is 0.671. The van der Waals surface area contributed by atoms with Gasteiger partial charge < -0.3 is 10.2 Å². The third-order valence-electron chi connectivity index (χ3n) is 2.67. The fourth-order valence-electron chi connectivity index (χ4n) is 1.75. The smallest absolute Gasteiger partial charge is 0.276 e. The minimum atomic E-state index is -3.43. The quantitative estimate of drug-likeness (QED) is 0.872. The molecule has 0 saturated carbocycles. The number of rotatable bonds is 3. The first-order valence-corrected chi connectivity index (χ1v) is 6.32. The highest BCUT2D eigenvalue weighted by molar-refractivity contribution is 7.89. The number of hydrogen-bond acceptors (Lipinski definition) is 4. The maximum absolute atomic E-state index is 11.9. The van der Waals surface area contributed by atoms with Crippen molar-refractivity contribution in [2.45, 2.75) is 11.5 Å². The lowest BCUT2D eigenvalue weighted by atomic mass is 10.1. The highest BCUT2D eigenvalue weighted by atomic mass is 35.5. The van der Waals surface area contributed by atoms with Crippen molar-refractivity contribution in [3.8, 4) is 0 Å². The van der Waals surface area contributed by atoms with E-state index in [0.29, 0.717) is 19.6 Å². The molecule has 1 unspecified atom stereocenters. The molecule has 1 saturated heterocycles. The van der Waals surface area contributed by atoms with E-state index in [9.17, 15) is 8.42 Å². The van der Waals surface area contributed by atoms with E-state index in [4.69, 9.17) is 10.2 Å². The first kappa shape index (κ1) is 13.5. The Morgan fingerprint density at radius 2 is 2.31 bits per heavy atom. The first-order valence-electron chi connectivity index (χ1n) is 4.88. The molecule has 1 aliphatic rings. The molecule has 2 N–H and O–H groups in total. The molecule has 2 rings (SSSR count). The van der Waals surface area contributed by atoms with Crippen LogP contribution in [0, 0.1) is 5.92 Å². The third kappa shape index (κ3) is 2.40. The minimum Gasteiger partial charge on any atom is -0.452 e. The molecule has 1 aromatic heterocycles. The molecule has 0 amide bonds. The fourth-order valence-corrected chi connectivity index (χ4v) is 3.18. The maximum Gasteiger partial charge on any atom is 0.276 e. The van der Waals surface area contributed by atoms with E-state index in [1.807, 2.05) is 0 Å². The molecule has 0 aliphatic carbocycles. The van der Waals surface area contributed by atoms with Crippen LogP contribution in [0.2, 0.25) is 0 Å². The number of nitrogens with zero attached hydrogens (tertiary/aromatic N) is 1. The van der Waals surface area contributed by atoms with E-state index < -0.39 is 10.0 Å². The van der Waals surface area contributed by atoms with Crippen LogP contribution >= 0.6 is 12.4 Å². The summed E-state index contributed by atoms with van der Waals surface area (Å²) in [7, 11) is -3.43. The van der Waals surface area contributed by atoms with E-state index >= 15 is 0 Å². The summed E-state index contributed by atoms with van der Waals surface area (Å²) in [6, 6.07) is 3.04. The zero-order valence-corrected chi connectivity index (χ0v) is 10.3. The van der Waals surface area contributed by atoms with Crippen LogP contribution in [0.15, 0.2) is 27.9 Å². The average Bonchev–Trinajstić information content (AvgIpc) is 2.89. The van der Waals surface area contributed by atoms with Crippen LogP contribution in [0.4, 0.5) is 0 Å². The van der Waals surface area contributed by atoms with Crippen molar-refractivity contribution in [3.63, 3.8) is 0 Å². The summed E-state index contributed by atoms with van der Waals surface area (Å²) < 4.78 is 30.2. The number of furan rings is 1. The Kier molecular flexibility index (Phi) is 4.37. The van der Waals surface area contributed by atoms with E-state index in [1.165, 1.54) is 16.6 Å². The number of sulfonamides is 1. The van der Waals surface area contributed by atoms with Crippen molar-refractivity contribution in [2.75, 3.05) is 19.6 Å². The zero-order valence-electron chi connectivity index (χ0n) is 8.70. The molecule has 0 spiro atoms. The van der Waals surface area contributed by atoms with Gasteiger partial charge in [0.15, 0.2) is 0 Å². The number of nitrogens with two attached hydrogens (primary N) is 1. The van der Waals surface area contributed by atoms with E-state index in [2.05, 4.69) is 0 Å². The van der Waals surface area contributed by atoms with Gasteiger partial charge in [-0.1, -0.05) is 0 Å². The molecule has 5 nitrogen and oxygen atoms in total. The van der Waals surface area contributed by atoms with Crippen LogP contribution in [0.1, 0.15) is 6.42 Å². The second-order valence-corrected chi connectivity index (χ2v) is 5.55. The molecular formula is C9H15ClN2O3S. The van der Waals surface area contributed by atoms with E-state index in [1.54, 1.807) is 6.07 Å². The Morgan fingerprint density at radius 1 is 1.56 bits per heavy atom. The highest BCUT2D eigenvalue weighted by Crippen LogP contribution is 2.23. The van der Waals surface area contributed by atoms with Crippen molar-refractivity contribution in [2.24, 2.45) is 11.7 Å². The molecule has 1 aromatic rings. The molecule has 0 radical (unpaired) electrons. The Labute approximate surface area is 101 Å². The third-order valence-corrected chi connectivity index (χ3v) is 4.42. The van der Waals surface area contributed by atoms with E-state index in [-0.39, 0.29) is 23.4 Å². The van der Waals surface area contributed by atoms with Crippen LogP contribution in [0.25, 0.3) is 0 Å². The average molecular weight is 267 g/mol. The van der Waals surface area contributed by atoms with Crippen molar-refractivity contribution < 1.29 is 12.8 Å². The monoisotopic (exact) mass is 266 g/mol. The first-order chi connectivity index (χ1) is 7.14. The molecule has 1 aliphatic heterocycles. The van der Waals surface area contributed by atoms with Gasteiger partial charge in [-0.15, -0.1) is 12.4 Å². The molecule has 1 fully saturated rings. The van der Waals surface area contributed by atoms with Crippen LogP contribution in [0.5, 0.6) is 0 Å². The Bertz CT molecular complexity index is 418. The van der Waals surface area contributed by atoms with Crippen LogP contribution in [-0.2, 0) is 10.0 Å². The lowest BCUT2D eigenvalue weighted by Gasteiger charge is -2.13. The molecule has 2 heterocycles. The Balaban J connectivity index is 0.00000128. The molecule has 92 valence electrons. The fraction of sp³-hybridized carbons (Fsp3) is 0.556. The highest BCUT2D eigenvalue weighted by Gasteiger charge is 2.33. The second-order valence-electron chi connectivity index (χ2n) is 3.69. The number of hydrogen-bond donors (Lipinski definition) is 1. The van der Waals surface area contributed by atoms with Gasteiger partial charge in [-0.2, -0.15) is 4.31 Å². The van der Waals surface area contributed by atoms with Gasteiger partial charge in [-0.25, -0.2) is 8.42 Å². The normalized spacial score (nSPS) is 21.9. The van der Waals surface area contributed by atoms with Crippen molar-refractivity contribution in [1.82, 2.24) is 4.31 Å². The second kappa shape index (κ2) is 5.18. The summed E-state index contributed by atoms with van der Waals surface area (Å²) in [5.74, 6) is 0.273. The molecular weight excluding hydrogens is 252 g/mol. The van der Waals surface area contributed by atoms with E-state index in [0.717, 1.165) is 6.42 Å². The molecule has 0 bridgehead atoms. The van der Waals surface area contributed by atoms with Gasteiger partial charge in [0.1, 0.15) is 0 Å². The van der Waals surface area contributed by atoms with Gasteiger partial charge in [0.05, 0.1) is 6.26 Å². The summed E-state index contributed by atoms with van der Waals surface area (Å²) in [5.41, 5.74) is 5.51. The molecule has 0 aromatic carbocycles. The van der Waals surface area contributed by atoms with Gasteiger partial charge in [0.25, 0.3) is 10.0 Å². The van der Waals surface area contributed by atoms with Gasteiger partial charge in [0.2, 0.25) is 5.09 Å². The molecule has 1 atom stereocenters. The Morgan fingerprint density at radius 3 is 2.81 bits per heavy atom. The van der Waals surface area contributed by atoms with Crippen LogP contribution < -0.4 is 5.73 Å². The minimum absolute atomic E-state index is 0. The summed E-state index contributed by atoms with van der Waals surface area (Å²) in [4.78, 5) is 0. The summed E-state index contributed by atoms with van der Waals surface area (Å²) >= 11 is 0. The number of halogens is 1. The van der Waals surface area contributed by atoms with Crippen molar-refractivity contribution >= 4 is 22.4 Å². The lowest BCUT2D eigenvalue weighted by molar-refractivity contribution is 0.405. The summed E-state index contributed by atoms with van der Waals surface area (Å²) in [6.07, 6.45) is 2.19. The topological polar surface area (TPSA) is 76.5 Å². The van der Waals surface area contributed by atoms with Crippen LogP contribution in [-0.4, -0.2) is 32.4 Å². The largest absolute Gasteiger partial charge is 0.452 e. The van der Waals surface area contributed by atoms with Gasteiger partial charge >= 0.3 is 0 Å². The summed E-state index contributed by atoms with van der Waals surface area (Å²) in [6.45, 7) is 1.56. The van der Waals surface area contributed by atoms with Crippen molar-refractivity contribution in [1.29, 1.82) is 0 Å². The summed E-state index contributed by atoms with van der Waals surface area (Å²) in [5, 5.41) is 0.0140. The van der Waals surface area contributed by atoms with Gasteiger partial charge in [0, 0.05) is 13.1 Å². The predicted molar refractivity (Wildman–Crippen MR) is 61.9 cm³/mol. The molecule has 16 heavy (non-hydrogen) atoms. The standard InChI is InChI=1S/C9H14N2O3S.ClH/c10-6-8-3-4-11(7-8)15(12,13)9-2-1-5-14-9;/h1-2,5,8H,3-4,6-7,10H2;1H.